The van der Waals surface area contributed by atoms with E-state index in [1.54, 1.807) is 11.3 Å². The van der Waals surface area contributed by atoms with Gasteiger partial charge in [0, 0.05) is 10.9 Å². The van der Waals surface area contributed by atoms with E-state index in [2.05, 4.69) is 18.3 Å². The molecule has 2 aliphatic rings. The first-order chi connectivity index (χ1) is 7.72. The molecule has 0 aromatic carbocycles. The molecule has 1 aromatic rings. The summed E-state index contributed by atoms with van der Waals surface area (Å²) in [6, 6.07) is 2.58. The number of nitrogens with one attached hydrogen (secondary N) is 1. The second-order valence-corrected chi connectivity index (χ2v) is 6.29. The van der Waals surface area contributed by atoms with Crippen LogP contribution in [0, 0.1) is 5.92 Å². The van der Waals surface area contributed by atoms with E-state index in [4.69, 9.17) is 0 Å². The third-order valence-electron chi connectivity index (χ3n) is 3.47. The fraction of sp³-hybridized carbons (Fsp3) is 0.615. The van der Waals surface area contributed by atoms with Crippen LogP contribution in [-0.2, 0) is 12.8 Å². The normalized spacial score (nSPS) is 23.9. The van der Waals surface area contributed by atoms with Crippen molar-refractivity contribution in [2.24, 2.45) is 5.92 Å². The zero-order chi connectivity index (χ0) is 11.1. The lowest BCUT2D eigenvalue weighted by Gasteiger charge is -2.16. The minimum absolute atomic E-state index is 0.148. The Balaban J connectivity index is 1.77. The zero-order valence-corrected chi connectivity index (χ0v) is 10.4. The fourth-order valence-corrected chi connectivity index (χ4v) is 3.41. The van der Waals surface area contributed by atoms with Gasteiger partial charge in [0.1, 0.15) is 0 Å². The Labute approximate surface area is 100 Å². The van der Waals surface area contributed by atoms with Gasteiger partial charge in [-0.05, 0) is 49.7 Å². The van der Waals surface area contributed by atoms with Crippen molar-refractivity contribution in [2.45, 2.75) is 45.1 Å². The van der Waals surface area contributed by atoms with Gasteiger partial charge in [-0.25, -0.2) is 0 Å². The average Bonchev–Trinajstić information content (AvgIpc) is 2.95. The maximum atomic E-state index is 11.9. The van der Waals surface area contributed by atoms with E-state index in [1.165, 1.54) is 16.9 Å². The summed E-state index contributed by atoms with van der Waals surface area (Å²) in [4.78, 5) is 14.3. The van der Waals surface area contributed by atoms with Crippen molar-refractivity contribution in [1.82, 2.24) is 5.32 Å². The molecule has 1 heterocycles. The molecule has 1 aromatic heterocycles. The Morgan fingerprint density at radius 1 is 1.44 bits per heavy atom. The predicted molar refractivity (Wildman–Crippen MR) is 66.0 cm³/mol. The number of hydrogen-bond donors (Lipinski definition) is 1. The Morgan fingerprint density at radius 3 is 3.00 bits per heavy atom. The molecule has 1 amide bonds. The van der Waals surface area contributed by atoms with Gasteiger partial charge in [0.25, 0.3) is 5.91 Å². The van der Waals surface area contributed by atoms with Crippen LogP contribution in [0.1, 0.15) is 46.3 Å². The number of amides is 1. The molecule has 1 atom stereocenters. The molecule has 2 nitrogen and oxygen atoms in total. The van der Waals surface area contributed by atoms with Gasteiger partial charge in [0.05, 0.1) is 4.88 Å². The molecule has 86 valence electrons. The summed E-state index contributed by atoms with van der Waals surface area (Å²) in [5.74, 6) is 0.927. The molecule has 0 saturated heterocycles. The first kappa shape index (κ1) is 10.3. The summed E-state index contributed by atoms with van der Waals surface area (Å²) >= 11 is 1.70. The molecular weight excluding hydrogens is 218 g/mol. The van der Waals surface area contributed by atoms with E-state index in [-0.39, 0.29) is 5.91 Å². The Hall–Kier alpha value is -0.830. The smallest absolute Gasteiger partial charge is 0.261 e. The first-order valence-electron chi connectivity index (χ1n) is 6.15. The molecule has 3 rings (SSSR count). The number of rotatable bonds is 2. The van der Waals surface area contributed by atoms with E-state index < -0.39 is 0 Å². The highest BCUT2D eigenvalue weighted by molar-refractivity contribution is 7.14. The van der Waals surface area contributed by atoms with Crippen LogP contribution >= 0.6 is 11.3 Å². The Kier molecular flexibility index (Phi) is 2.51. The van der Waals surface area contributed by atoms with Crippen molar-refractivity contribution in [1.29, 1.82) is 0 Å². The second kappa shape index (κ2) is 3.88. The topological polar surface area (TPSA) is 29.1 Å². The number of hydrogen-bond acceptors (Lipinski definition) is 2. The van der Waals surface area contributed by atoms with Crippen LogP contribution in [0.15, 0.2) is 6.07 Å². The van der Waals surface area contributed by atoms with Crippen LogP contribution in [0.4, 0.5) is 0 Å². The highest BCUT2D eigenvalue weighted by atomic mass is 32.1. The van der Waals surface area contributed by atoms with Gasteiger partial charge in [-0.3, -0.25) is 4.79 Å². The van der Waals surface area contributed by atoms with Gasteiger partial charge in [-0.15, -0.1) is 11.3 Å². The number of thiophene rings is 1. The highest BCUT2D eigenvalue weighted by Gasteiger charge is 2.26. The van der Waals surface area contributed by atoms with Crippen LogP contribution in [0.25, 0.3) is 0 Å². The third-order valence-corrected chi connectivity index (χ3v) is 4.70. The van der Waals surface area contributed by atoms with E-state index in [1.807, 2.05) is 0 Å². The van der Waals surface area contributed by atoms with Gasteiger partial charge in [-0.2, -0.15) is 0 Å². The summed E-state index contributed by atoms with van der Waals surface area (Å²) in [5.41, 5.74) is 1.42. The van der Waals surface area contributed by atoms with E-state index >= 15 is 0 Å². The number of aryl methyl sites for hydroxylation is 1. The minimum Gasteiger partial charge on any atom is -0.349 e. The number of carbonyl (C=O) groups excluding carboxylic acids is 1. The number of carbonyl (C=O) groups is 1. The first-order valence-corrected chi connectivity index (χ1v) is 6.96. The standard InChI is InChI=1S/C13H17NOS/c1-8-2-5-11-9(6-8)7-12(16-11)13(15)14-10-3-4-10/h7-8,10H,2-6H2,1H3,(H,14,15)/t8-/m1/s1. The van der Waals surface area contributed by atoms with Gasteiger partial charge in [0.15, 0.2) is 0 Å². The van der Waals surface area contributed by atoms with E-state index in [0.29, 0.717) is 6.04 Å². The molecule has 16 heavy (non-hydrogen) atoms. The number of fused-ring (bicyclic) bond motifs is 1. The van der Waals surface area contributed by atoms with Crippen LogP contribution in [-0.4, -0.2) is 11.9 Å². The third kappa shape index (κ3) is 2.01. The fourth-order valence-electron chi connectivity index (χ4n) is 2.30. The largest absolute Gasteiger partial charge is 0.349 e. The van der Waals surface area contributed by atoms with E-state index in [0.717, 1.165) is 36.5 Å². The Bertz CT molecular complexity index is 420. The zero-order valence-electron chi connectivity index (χ0n) is 9.58. The van der Waals surface area contributed by atoms with Crippen molar-refractivity contribution in [3.63, 3.8) is 0 Å². The lowest BCUT2D eigenvalue weighted by Crippen LogP contribution is -2.24. The van der Waals surface area contributed by atoms with E-state index in [9.17, 15) is 4.79 Å². The molecule has 1 fully saturated rings. The summed E-state index contributed by atoms with van der Waals surface area (Å²) in [6.45, 7) is 2.30. The molecule has 0 unspecified atom stereocenters. The van der Waals surface area contributed by atoms with Gasteiger partial charge in [-0.1, -0.05) is 6.92 Å². The molecular formula is C13H17NOS. The maximum absolute atomic E-state index is 11.9. The summed E-state index contributed by atoms with van der Waals surface area (Å²) in [7, 11) is 0. The molecule has 0 radical (unpaired) electrons. The monoisotopic (exact) mass is 235 g/mol. The van der Waals surface area contributed by atoms with Gasteiger partial charge >= 0.3 is 0 Å². The van der Waals surface area contributed by atoms with Crippen molar-refractivity contribution in [3.8, 4) is 0 Å². The SMILES string of the molecule is C[C@@H]1CCc2sc(C(=O)NC3CC3)cc2C1. The van der Waals surface area contributed by atoms with Crippen molar-refractivity contribution in [2.75, 3.05) is 0 Å². The molecule has 0 spiro atoms. The maximum Gasteiger partial charge on any atom is 0.261 e. The molecule has 1 N–H and O–H groups in total. The lowest BCUT2D eigenvalue weighted by molar-refractivity contribution is 0.0955. The average molecular weight is 235 g/mol. The highest BCUT2D eigenvalue weighted by Crippen LogP contribution is 2.32. The van der Waals surface area contributed by atoms with Crippen molar-refractivity contribution < 1.29 is 4.79 Å². The van der Waals surface area contributed by atoms with Crippen LogP contribution in [0.5, 0.6) is 0 Å². The predicted octanol–water partition coefficient (Wildman–Crippen LogP) is 2.77. The minimum atomic E-state index is 0.148. The van der Waals surface area contributed by atoms with Crippen molar-refractivity contribution >= 4 is 17.2 Å². The van der Waals surface area contributed by atoms with Gasteiger partial charge < -0.3 is 5.32 Å². The molecule has 1 saturated carbocycles. The molecule has 0 aliphatic heterocycles. The lowest BCUT2D eigenvalue weighted by atomic mass is 9.90. The molecule has 3 heteroatoms. The molecule has 0 bridgehead atoms. The van der Waals surface area contributed by atoms with Crippen LogP contribution in [0.2, 0.25) is 0 Å². The summed E-state index contributed by atoms with van der Waals surface area (Å²) < 4.78 is 0. The Morgan fingerprint density at radius 2 is 2.25 bits per heavy atom. The van der Waals surface area contributed by atoms with Gasteiger partial charge in [0.2, 0.25) is 0 Å². The van der Waals surface area contributed by atoms with Crippen molar-refractivity contribution in [3.05, 3.63) is 21.4 Å². The summed E-state index contributed by atoms with van der Waals surface area (Å²) in [5, 5.41) is 3.06. The summed E-state index contributed by atoms with van der Waals surface area (Å²) in [6.07, 6.45) is 5.92. The van der Waals surface area contributed by atoms with Crippen LogP contribution < -0.4 is 5.32 Å². The molecule has 2 aliphatic carbocycles. The second-order valence-electron chi connectivity index (χ2n) is 5.15. The van der Waals surface area contributed by atoms with Crippen LogP contribution in [0.3, 0.4) is 0 Å². The quantitative estimate of drug-likeness (QED) is 0.839.